The van der Waals surface area contributed by atoms with Crippen LogP contribution in [-0.4, -0.2) is 58.7 Å². The number of nitro groups is 1. The number of aromatic hydroxyl groups is 1. The first-order valence-electron chi connectivity index (χ1n) is 10.6. The number of para-hydroxylation sites is 2. The van der Waals surface area contributed by atoms with Gasteiger partial charge in [-0.25, -0.2) is 4.79 Å². The van der Waals surface area contributed by atoms with Gasteiger partial charge in [0.2, 0.25) is 5.91 Å². The lowest BCUT2D eigenvalue weighted by Crippen LogP contribution is -2.50. The third kappa shape index (κ3) is 5.51. The molecule has 10 nitrogen and oxygen atoms in total. The molecule has 0 saturated carbocycles. The molecule has 0 spiro atoms. The number of carbonyl (C=O) groups is 2. The molecule has 1 fully saturated rings. The molecule has 1 heterocycles. The molecule has 1 N–H and O–H groups in total. The molecule has 0 aliphatic carbocycles. The number of amides is 2. The van der Waals surface area contributed by atoms with E-state index >= 15 is 0 Å². The molecule has 0 atom stereocenters. The molecular formula is C23H28N4O6. The summed E-state index contributed by atoms with van der Waals surface area (Å²) in [6.07, 6.45) is -0.381. The second-order valence-corrected chi connectivity index (χ2v) is 8.73. The van der Waals surface area contributed by atoms with Crippen molar-refractivity contribution in [1.29, 1.82) is 0 Å². The van der Waals surface area contributed by atoms with Gasteiger partial charge in [0.1, 0.15) is 17.0 Å². The summed E-state index contributed by atoms with van der Waals surface area (Å²) in [5, 5.41) is 22.0. The van der Waals surface area contributed by atoms with Gasteiger partial charge in [-0.1, -0.05) is 12.1 Å². The van der Waals surface area contributed by atoms with E-state index in [0.717, 1.165) is 4.90 Å². The second kappa shape index (κ2) is 9.35. The van der Waals surface area contributed by atoms with E-state index in [1.54, 1.807) is 29.2 Å². The van der Waals surface area contributed by atoms with Crippen molar-refractivity contribution in [3.63, 3.8) is 0 Å². The number of benzene rings is 2. The summed E-state index contributed by atoms with van der Waals surface area (Å²) in [6.45, 7) is 8.55. The fraction of sp³-hybridized carbons (Fsp3) is 0.391. The minimum atomic E-state index is -0.583. The van der Waals surface area contributed by atoms with Crippen LogP contribution in [0.2, 0.25) is 0 Å². The SMILES string of the molecule is CC(=O)N(c1ccccc1O)c1cc(N2CCN(C(=O)OC(C)(C)C)CC2)ccc1[N+](=O)[O-]. The highest BCUT2D eigenvalue weighted by molar-refractivity contribution is 6.03. The van der Waals surface area contributed by atoms with Gasteiger partial charge in [0, 0.05) is 44.9 Å². The number of phenols is 1. The van der Waals surface area contributed by atoms with Gasteiger partial charge in [-0.05, 0) is 45.0 Å². The number of hydrogen-bond acceptors (Lipinski definition) is 7. The maximum atomic E-state index is 12.5. The first-order chi connectivity index (χ1) is 15.5. The number of hydrogen-bond donors (Lipinski definition) is 1. The first kappa shape index (κ1) is 23.8. The summed E-state index contributed by atoms with van der Waals surface area (Å²) in [5.41, 5.74) is 0.0347. The topological polar surface area (TPSA) is 116 Å². The Morgan fingerprint density at radius 3 is 2.24 bits per heavy atom. The molecule has 1 saturated heterocycles. The Kier molecular flexibility index (Phi) is 6.75. The summed E-state index contributed by atoms with van der Waals surface area (Å²) < 4.78 is 5.42. The van der Waals surface area contributed by atoms with Gasteiger partial charge in [0.15, 0.2) is 0 Å². The summed E-state index contributed by atoms with van der Waals surface area (Å²) in [5.74, 6) is -0.648. The van der Waals surface area contributed by atoms with E-state index in [1.165, 1.54) is 25.1 Å². The minimum absolute atomic E-state index is 0.0565. The van der Waals surface area contributed by atoms with Crippen molar-refractivity contribution in [2.75, 3.05) is 36.0 Å². The molecule has 1 aliphatic rings. The molecule has 0 bridgehead atoms. The normalized spacial score (nSPS) is 14.1. The quantitative estimate of drug-likeness (QED) is 0.545. The zero-order valence-electron chi connectivity index (χ0n) is 19.1. The van der Waals surface area contributed by atoms with Crippen molar-refractivity contribution in [2.45, 2.75) is 33.3 Å². The van der Waals surface area contributed by atoms with Crippen molar-refractivity contribution in [3.05, 3.63) is 52.6 Å². The van der Waals surface area contributed by atoms with Crippen molar-refractivity contribution < 1.29 is 24.4 Å². The third-order valence-corrected chi connectivity index (χ3v) is 5.13. The third-order valence-electron chi connectivity index (χ3n) is 5.13. The largest absolute Gasteiger partial charge is 0.506 e. The zero-order chi connectivity index (χ0) is 24.3. The van der Waals surface area contributed by atoms with Gasteiger partial charge in [-0.15, -0.1) is 0 Å². The summed E-state index contributed by atoms with van der Waals surface area (Å²) >= 11 is 0. The van der Waals surface area contributed by atoms with E-state index in [4.69, 9.17) is 4.74 Å². The minimum Gasteiger partial charge on any atom is -0.506 e. The summed E-state index contributed by atoms with van der Waals surface area (Å²) in [6, 6.07) is 10.7. The molecule has 0 aromatic heterocycles. The van der Waals surface area contributed by atoms with Crippen LogP contribution < -0.4 is 9.80 Å². The molecule has 33 heavy (non-hydrogen) atoms. The van der Waals surface area contributed by atoms with Gasteiger partial charge < -0.3 is 19.6 Å². The van der Waals surface area contributed by atoms with E-state index in [2.05, 4.69) is 0 Å². The van der Waals surface area contributed by atoms with E-state index in [9.17, 15) is 24.8 Å². The monoisotopic (exact) mass is 456 g/mol. The summed E-state index contributed by atoms with van der Waals surface area (Å²) in [4.78, 5) is 40.7. The number of ether oxygens (including phenoxy) is 1. The first-order valence-corrected chi connectivity index (χ1v) is 10.6. The molecule has 2 aromatic carbocycles. The lowest BCUT2D eigenvalue weighted by molar-refractivity contribution is -0.384. The molecule has 1 aliphatic heterocycles. The van der Waals surface area contributed by atoms with Gasteiger partial charge in [0.05, 0.1) is 10.6 Å². The number of anilines is 3. The van der Waals surface area contributed by atoms with Crippen molar-refractivity contribution in [3.8, 4) is 5.75 Å². The maximum absolute atomic E-state index is 12.5. The molecule has 0 radical (unpaired) electrons. The highest BCUT2D eigenvalue weighted by Crippen LogP contribution is 2.40. The number of nitrogens with zero attached hydrogens (tertiary/aromatic N) is 4. The van der Waals surface area contributed by atoms with Crippen LogP contribution in [0.3, 0.4) is 0 Å². The standard InChI is InChI=1S/C23H28N4O6/c1-16(28)26(19-7-5-6-8-21(19)29)20-15-17(9-10-18(20)27(31)32)24-11-13-25(14-12-24)22(30)33-23(2,3)4/h5-10,15,29H,11-14H2,1-4H3. The number of phenolic OH excluding ortho intramolecular Hbond substituents is 1. The molecule has 3 rings (SSSR count). The molecule has 176 valence electrons. The molecule has 10 heteroatoms. The Morgan fingerprint density at radius 1 is 1.06 bits per heavy atom. The van der Waals surface area contributed by atoms with Crippen LogP contribution in [0.5, 0.6) is 5.75 Å². The molecule has 2 aromatic rings. The van der Waals surface area contributed by atoms with E-state index in [0.29, 0.717) is 31.9 Å². The zero-order valence-corrected chi connectivity index (χ0v) is 19.1. The van der Waals surface area contributed by atoms with Gasteiger partial charge in [-0.3, -0.25) is 19.8 Å². The van der Waals surface area contributed by atoms with E-state index in [-0.39, 0.29) is 28.9 Å². The maximum Gasteiger partial charge on any atom is 0.410 e. The molecule has 0 unspecified atom stereocenters. The fourth-order valence-electron chi connectivity index (χ4n) is 3.64. The second-order valence-electron chi connectivity index (χ2n) is 8.73. The highest BCUT2D eigenvalue weighted by Gasteiger charge is 2.29. The van der Waals surface area contributed by atoms with Gasteiger partial charge in [0.25, 0.3) is 5.69 Å². The Bertz CT molecular complexity index is 1060. The number of carbonyl (C=O) groups excluding carboxylic acids is 2. The van der Waals surface area contributed by atoms with Gasteiger partial charge in [-0.2, -0.15) is 0 Å². The predicted molar refractivity (Wildman–Crippen MR) is 124 cm³/mol. The van der Waals surface area contributed by atoms with Crippen LogP contribution >= 0.6 is 0 Å². The van der Waals surface area contributed by atoms with Crippen LogP contribution in [0.4, 0.5) is 27.5 Å². The smallest absolute Gasteiger partial charge is 0.410 e. The number of nitro benzene ring substituents is 1. The predicted octanol–water partition coefficient (Wildman–Crippen LogP) is 4.04. The highest BCUT2D eigenvalue weighted by atomic mass is 16.6. The average molecular weight is 456 g/mol. The Balaban J connectivity index is 1.90. The van der Waals surface area contributed by atoms with Crippen LogP contribution in [-0.2, 0) is 9.53 Å². The van der Waals surface area contributed by atoms with E-state index < -0.39 is 16.4 Å². The number of piperazine rings is 1. The Labute approximate surface area is 192 Å². The average Bonchev–Trinajstić information content (AvgIpc) is 2.74. The lowest BCUT2D eigenvalue weighted by atomic mass is 10.1. The van der Waals surface area contributed by atoms with Crippen molar-refractivity contribution in [1.82, 2.24) is 4.90 Å². The molecule has 2 amide bonds. The Morgan fingerprint density at radius 2 is 1.70 bits per heavy atom. The van der Waals surface area contributed by atoms with Crippen molar-refractivity contribution >= 4 is 34.7 Å². The molecular weight excluding hydrogens is 428 g/mol. The van der Waals surface area contributed by atoms with Crippen molar-refractivity contribution in [2.24, 2.45) is 0 Å². The lowest BCUT2D eigenvalue weighted by Gasteiger charge is -2.37. The van der Waals surface area contributed by atoms with E-state index in [1.807, 2.05) is 25.7 Å². The van der Waals surface area contributed by atoms with Crippen LogP contribution in [0.25, 0.3) is 0 Å². The Hall–Kier alpha value is -3.82. The van der Waals surface area contributed by atoms with Crippen LogP contribution in [0.1, 0.15) is 27.7 Å². The summed E-state index contributed by atoms with van der Waals surface area (Å²) in [7, 11) is 0. The van der Waals surface area contributed by atoms with Gasteiger partial charge >= 0.3 is 6.09 Å². The van der Waals surface area contributed by atoms with Crippen LogP contribution in [0.15, 0.2) is 42.5 Å². The fourth-order valence-corrected chi connectivity index (χ4v) is 3.64. The number of rotatable bonds is 4. The van der Waals surface area contributed by atoms with Crippen LogP contribution in [0, 0.1) is 10.1 Å².